The number of hydrazone groups is 1. The van der Waals surface area contributed by atoms with Crippen molar-refractivity contribution in [3.8, 4) is 17.1 Å². The number of nitrogens with one attached hydrogen (secondary N) is 1. The zero-order valence-electron chi connectivity index (χ0n) is 18.3. The summed E-state index contributed by atoms with van der Waals surface area (Å²) in [5.41, 5.74) is 6.58. The molecular formula is C25H23N5OS2. The van der Waals surface area contributed by atoms with E-state index in [1.54, 1.807) is 18.0 Å². The van der Waals surface area contributed by atoms with E-state index >= 15 is 0 Å². The number of carbonyl (C=O) groups is 1. The van der Waals surface area contributed by atoms with Crippen molar-refractivity contribution in [2.45, 2.75) is 17.0 Å². The summed E-state index contributed by atoms with van der Waals surface area (Å²) in [6.45, 7) is 2.05. The molecule has 166 valence electrons. The molecule has 33 heavy (non-hydrogen) atoms. The number of aryl methyl sites for hydroxylation is 1. The van der Waals surface area contributed by atoms with E-state index in [0.717, 1.165) is 22.6 Å². The number of thioether (sulfide) groups is 2. The van der Waals surface area contributed by atoms with Gasteiger partial charge in [0.15, 0.2) is 11.0 Å². The van der Waals surface area contributed by atoms with Crippen LogP contribution in [0.25, 0.3) is 17.1 Å². The first-order valence-corrected chi connectivity index (χ1v) is 12.5. The van der Waals surface area contributed by atoms with E-state index < -0.39 is 0 Å². The van der Waals surface area contributed by atoms with Crippen molar-refractivity contribution in [1.82, 2.24) is 20.2 Å². The summed E-state index contributed by atoms with van der Waals surface area (Å²) in [5, 5.41) is 13.5. The lowest BCUT2D eigenvalue weighted by atomic mass is 10.2. The van der Waals surface area contributed by atoms with Crippen LogP contribution in [0.3, 0.4) is 0 Å². The third-order valence-electron chi connectivity index (χ3n) is 4.81. The first-order chi connectivity index (χ1) is 16.1. The fourth-order valence-electron chi connectivity index (χ4n) is 3.10. The Morgan fingerprint density at radius 1 is 1.00 bits per heavy atom. The van der Waals surface area contributed by atoms with Gasteiger partial charge >= 0.3 is 0 Å². The molecule has 3 aromatic carbocycles. The highest BCUT2D eigenvalue weighted by Crippen LogP contribution is 2.28. The molecule has 6 nitrogen and oxygen atoms in total. The molecule has 1 heterocycles. The standard InChI is InChI=1S/C25H23N5OS2/c1-18-8-12-21(13-9-18)30-24(20-6-4-3-5-7-20)28-29-25(30)33-17-23(31)27-26-16-19-10-14-22(32-2)15-11-19/h3-16H,17H2,1-2H3,(H,27,31)/b26-16-. The number of benzene rings is 3. The predicted molar refractivity (Wildman–Crippen MR) is 136 cm³/mol. The molecule has 0 atom stereocenters. The van der Waals surface area contributed by atoms with Gasteiger partial charge in [0.2, 0.25) is 0 Å². The van der Waals surface area contributed by atoms with E-state index in [1.807, 2.05) is 96.6 Å². The van der Waals surface area contributed by atoms with Crippen molar-refractivity contribution < 1.29 is 4.79 Å². The number of hydrogen-bond acceptors (Lipinski definition) is 6. The zero-order valence-corrected chi connectivity index (χ0v) is 19.9. The van der Waals surface area contributed by atoms with E-state index in [0.29, 0.717) is 5.16 Å². The highest BCUT2D eigenvalue weighted by Gasteiger charge is 2.17. The minimum absolute atomic E-state index is 0.168. The van der Waals surface area contributed by atoms with Gasteiger partial charge in [0.25, 0.3) is 5.91 Å². The van der Waals surface area contributed by atoms with Crippen LogP contribution in [-0.4, -0.2) is 38.9 Å². The van der Waals surface area contributed by atoms with Gasteiger partial charge in [-0.2, -0.15) is 5.10 Å². The molecule has 0 saturated heterocycles. The molecule has 0 radical (unpaired) electrons. The van der Waals surface area contributed by atoms with Crippen molar-refractivity contribution >= 4 is 35.6 Å². The number of rotatable bonds is 8. The van der Waals surface area contributed by atoms with Gasteiger partial charge in [-0.05, 0) is 43.0 Å². The average molecular weight is 474 g/mol. The molecule has 8 heteroatoms. The molecule has 0 aliphatic heterocycles. The van der Waals surface area contributed by atoms with Crippen LogP contribution in [0.15, 0.2) is 94.0 Å². The second-order valence-corrected chi connectivity index (χ2v) is 9.02. The van der Waals surface area contributed by atoms with Crippen molar-refractivity contribution in [3.05, 3.63) is 90.0 Å². The molecule has 0 fully saturated rings. The lowest BCUT2D eigenvalue weighted by Crippen LogP contribution is -2.20. The van der Waals surface area contributed by atoms with Crippen LogP contribution in [-0.2, 0) is 4.79 Å². The maximum absolute atomic E-state index is 12.4. The summed E-state index contributed by atoms with van der Waals surface area (Å²) < 4.78 is 1.98. The van der Waals surface area contributed by atoms with Gasteiger partial charge in [0, 0.05) is 16.1 Å². The molecule has 1 N–H and O–H groups in total. The molecular weight excluding hydrogens is 450 g/mol. The average Bonchev–Trinajstić information content (AvgIpc) is 3.28. The van der Waals surface area contributed by atoms with E-state index in [2.05, 4.69) is 20.7 Å². The molecule has 1 aromatic heterocycles. The molecule has 0 spiro atoms. The minimum Gasteiger partial charge on any atom is -0.272 e. The SMILES string of the molecule is CSc1ccc(/C=N\NC(=O)CSc2nnc(-c3ccccc3)n2-c2ccc(C)cc2)cc1. The molecule has 0 aliphatic carbocycles. The van der Waals surface area contributed by atoms with Crippen molar-refractivity contribution in [2.24, 2.45) is 5.10 Å². The van der Waals surface area contributed by atoms with E-state index in [1.165, 1.54) is 22.2 Å². The van der Waals surface area contributed by atoms with Crippen molar-refractivity contribution in [2.75, 3.05) is 12.0 Å². The summed E-state index contributed by atoms with van der Waals surface area (Å²) in [6, 6.07) is 26.0. The normalized spacial score (nSPS) is 11.1. The highest BCUT2D eigenvalue weighted by atomic mass is 32.2. The van der Waals surface area contributed by atoms with Gasteiger partial charge in [-0.25, -0.2) is 5.43 Å². The maximum Gasteiger partial charge on any atom is 0.250 e. The summed E-state index contributed by atoms with van der Waals surface area (Å²) in [7, 11) is 0. The van der Waals surface area contributed by atoms with Gasteiger partial charge in [-0.15, -0.1) is 22.0 Å². The zero-order chi connectivity index (χ0) is 23.0. The Hall–Kier alpha value is -3.36. The van der Waals surface area contributed by atoms with Crippen LogP contribution in [0, 0.1) is 6.92 Å². The van der Waals surface area contributed by atoms with Crippen LogP contribution in [0.2, 0.25) is 0 Å². The first-order valence-electron chi connectivity index (χ1n) is 10.3. The summed E-state index contributed by atoms with van der Waals surface area (Å²) in [6.07, 6.45) is 3.67. The Kier molecular flexibility index (Phi) is 7.59. The Labute approximate surface area is 201 Å². The second-order valence-electron chi connectivity index (χ2n) is 7.20. The van der Waals surface area contributed by atoms with Gasteiger partial charge < -0.3 is 0 Å². The third-order valence-corrected chi connectivity index (χ3v) is 6.48. The smallest absolute Gasteiger partial charge is 0.250 e. The minimum atomic E-state index is -0.211. The number of amides is 1. The summed E-state index contributed by atoms with van der Waals surface area (Å²) in [4.78, 5) is 13.6. The quantitative estimate of drug-likeness (QED) is 0.216. The predicted octanol–water partition coefficient (Wildman–Crippen LogP) is 5.21. The Morgan fingerprint density at radius 3 is 2.42 bits per heavy atom. The third kappa shape index (κ3) is 5.91. The topological polar surface area (TPSA) is 72.2 Å². The maximum atomic E-state index is 12.4. The van der Waals surface area contributed by atoms with Crippen molar-refractivity contribution in [3.63, 3.8) is 0 Å². The van der Waals surface area contributed by atoms with Gasteiger partial charge in [-0.1, -0.05) is 71.9 Å². The van der Waals surface area contributed by atoms with Crippen molar-refractivity contribution in [1.29, 1.82) is 0 Å². The molecule has 0 unspecified atom stereocenters. The molecule has 4 aromatic rings. The number of nitrogens with zero attached hydrogens (tertiary/aromatic N) is 4. The molecule has 0 aliphatic rings. The van der Waals surface area contributed by atoms with E-state index in [4.69, 9.17) is 0 Å². The Bertz CT molecular complexity index is 1240. The second kappa shape index (κ2) is 11.0. The number of hydrogen-bond donors (Lipinski definition) is 1. The van der Waals surface area contributed by atoms with Gasteiger partial charge in [0.1, 0.15) is 0 Å². The van der Waals surface area contributed by atoms with E-state index in [9.17, 15) is 4.79 Å². The molecule has 1 amide bonds. The first kappa shape index (κ1) is 22.8. The fourth-order valence-corrected chi connectivity index (χ4v) is 4.25. The number of carbonyl (C=O) groups excluding carboxylic acids is 1. The van der Waals surface area contributed by atoms with Crippen LogP contribution in [0.5, 0.6) is 0 Å². The van der Waals surface area contributed by atoms with Gasteiger partial charge in [0.05, 0.1) is 12.0 Å². The highest BCUT2D eigenvalue weighted by molar-refractivity contribution is 7.99. The summed E-state index contributed by atoms with van der Waals surface area (Å²) in [5.74, 6) is 0.687. The van der Waals surface area contributed by atoms with Crippen LogP contribution < -0.4 is 5.43 Å². The molecule has 0 bridgehead atoms. The van der Waals surface area contributed by atoms with Crippen LogP contribution in [0.1, 0.15) is 11.1 Å². The monoisotopic (exact) mass is 473 g/mol. The summed E-state index contributed by atoms with van der Waals surface area (Å²) >= 11 is 3.00. The Morgan fingerprint density at radius 2 is 1.73 bits per heavy atom. The van der Waals surface area contributed by atoms with Crippen LogP contribution >= 0.6 is 23.5 Å². The van der Waals surface area contributed by atoms with Gasteiger partial charge in [-0.3, -0.25) is 9.36 Å². The Balaban J connectivity index is 1.47. The molecule has 0 saturated carbocycles. The lowest BCUT2D eigenvalue weighted by Gasteiger charge is -2.10. The molecule has 4 rings (SSSR count). The lowest BCUT2D eigenvalue weighted by molar-refractivity contribution is -0.118. The van der Waals surface area contributed by atoms with E-state index in [-0.39, 0.29) is 11.7 Å². The largest absolute Gasteiger partial charge is 0.272 e. The van der Waals surface area contributed by atoms with Crippen LogP contribution in [0.4, 0.5) is 0 Å². The fraction of sp³-hybridized carbons (Fsp3) is 0.120. The number of aromatic nitrogens is 3.